The molecule has 3 heterocycles. The summed E-state index contributed by atoms with van der Waals surface area (Å²) in [5.41, 5.74) is 11.2. The van der Waals surface area contributed by atoms with Crippen LogP contribution < -0.4 is 0 Å². The molecule has 0 fully saturated rings. The van der Waals surface area contributed by atoms with Crippen LogP contribution in [0.4, 0.5) is 0 Å². The van der Waals surface area contributed by atoms with Crippen LogP contribution in [0, 0.1) is 0 Å². The number of para-hydroxylation sites is 3. The van der Waals surface area contributed by atoms with E-state index in [4.69, 9.17) is 15.0 Å². The normalized spacial score (nSPS) is 11.7. The Balaban J connectivity index is 1.08. The van der Waals surface area contributed by atoms with E-state index in [9.17, 15) is 0 Å². The summed E-state index contributed by atoms with van der Waals surface area (Å²) in [6.45, 7) is 0. The van der Waals surface area contributed by atoms with Crippen LogP contribution in [0.25, 0.3) is 116 Å². The second-order valence-electron chi connectivity index (χ2n) is 15.2. The van der Waals surface area contributed by atoms with Gasteiger partial charge in [-0.25, -0.2) is 15.0 Å². The number of fused-ring (bicyclic) bond motifs is 9. The lowest BCUT2D eigenvalue weighted by atomic mass is 9.95. The molecule has 0 spiro atoms. The summed E-state index contributed by atoms with van der Waals surface area (Å²) in [4.78, 5) is 15.9. The van der Waals surface area contributed by atoms with Crippen LogP contribution in [0.5, 0.6) is 0 Å². The third-order valence-corrected chi connectivity index (χ3v) is 11.7. The van der Waals surface area contributed by atoms with Crippen molar-refractivity contribution in [3.63, 3.8) is 0 Å². The van der Waals surface area contributed by atoms with E-state index in [2.05, 4.69) is 211 Å². The van der Waals surface area contributed by atoms with Crippen molar-refractivity contribution in [2.24, 2.45) is 0 Å². The van der Waals surface area contributed by atoms with Crippen molar-refractivity contribution in [3.8, 4) is 50.8 Å². The van der Waals surface area contributed by atoms with Gasteiger partial charge in [0, 0.05) is 54.9 Å². The van der Waals surface area contributed by atoms with Crippen molar-refractivity contribution in [2.75, 3.05) is 0 Å². The molecule has 12 rings (SSSR count). The Hall–Kier alpha value is -7.95. The lowest BCUT2D eigenvalue weighted by molar-refractivity contribution is 1.18. The van der Waals surface area contributed by atoms with Crippen molar-refractivity contribution in [1.29, 1.82) is 0 Å². The zero-order valence-electron chi connectivity index (χ0n) is 31.9. The Morgan fingerprint density at radius 3 is 1.71 bits per heavy atom. The third kappa shape index (κ3) is 5.49. The summed E-state index contributed by atoms with van der Waals surface area (Å²) in [7, 11) is 0. The Kier molecular flexibility index (Phi) is 7.50. The van der Waals surface area contributed by atoms with Gasteiger partial charge < -0.3 is 4.57 Å². The number of pyridine rings is 1. The molecule has 59 heavy (non-hydrogen) atoms. The van der Waals surface area contributed by atoms with Crippen LogP contribution in [0.2, 0.25) is 0 Å². The summed E-state index contributed by atoms with van der Waals surface area (Å²) in [6.07, 6.45) is 0. The molecule has 0 saturated carbocycles. The van der Waals surface area contributed by atoms with Gasteiger partial charge in [-0.15, -0.1) is 0 Å². The molecule has 0 amide bonds. The smallest absolute Gasteiger partial charge is 0.160 e. The average Bonchev–Trinajstić information content (AvgIpc) is 3.65. The lowest BCUT2D eigenvalue weighted by Gasteiger charge is -2.14. The minimum Gasteiger partial charge on any atom is -0.309 e. The molecule has 0 N–H and O–H groups in total. The maximum atomic E-state index is 5.41. The van der Waals surface area contributed by atoms with E-state index >= 15 is 0 Å². The predicted molar refractivity (Wildman–Crippen MR) is 246 cm³/mol. The second-order valence-corrected chi connectivity index (χ2v) is 15.2. The predicted octanol–water partition coefficient (Wildman–Crippen LogP) is 14.2. The quantitative estimate of drug-likeness (QED) is 0.165. The Bertz CT molecular complexity index is 3520. The van der Waals surface area contributed by atoms with Crippen LogP contribution in [0.1, 0.15) is 0 Å². The van der Waals surface area contributed by atoms with E-state index in [1.807, 2.05) is 0 Å². The number of rotatable bonds is 5. The van der Waals surface area contributed by atoms with E-state index < -0.39 is 0 Å². The zero-order chi connectivity index (χ0) is 38.9. The van der Waals surface area contributed by atoms with Gasteiger partial charge >= 0.3 is 0 Å². The second kappa shape index (κ2) is 13.3. The Morgan fingerprint density at radius 2 is 0.932 bits per heavy atom. The molecule has 12 aromatic rings. The minimum atomic E-state index is 0.688. The number of aromatic nitrogens is 4. The Labute approximate surface area is 340 Å². The first-order valence-corrected chi connectivity index (χ1v) is 20.0. The van der Waals surface area contributed by atoms with Gasteiger partial charge in [0.2, 0.25) is 0 Å². The van der Waals surface area contributed by atoms with E-state index in [-0.39, 0.29) is 0 Å². The minimum absolute atomic E-state index is 0.688. The van der Waals surface area contributed by atoms with Crippen LogP contribution in [-0.2, 0) is 0 Å². The largest absolute Gasteiger partial charge is 0.309 e. The molecule has 3 aromatic heterocycles. The molecular weight excluding hydrogens is 717 g/mol. The molecule has 0 atom stereocenters. The van der Waals surface area contributed by atoms with Gasteiger partial charge in [-0.1, -0.05) is 152 Å². The zero-order valence-corrected chi connectivity index (χ0v) is 31.9. The van der Waals surface area contributed by atoms with Crippen molar-refractivity contribution in [1.82, 2.24) is 19.5 Å². The molecule has 0 aliphatic heterocycles. The maximum Gasteiger partial charge on any atom is 0.160 e. The van der Waals surface area contributed by atoms with Crippen molar-refractivity contribution < 1.29 is 0 Å². The highest BCUT2D eigenvalue weighted by atomic mass is 15.0. The summed E-state index contributed by atoms with van der Waals surface area (Å²) < 4.78 is 2.38. The third-order valence-electron chi connectivity index (χ3n) is 11.7. The van der Waals surface area contributed by atoms with Crippen molar-refractivity contribution in [3.05, 3.63) is 206 Å². The molecule has 9 aromatic carbocycles. The SMILES string of the molecule is c1ccc(-n2c3ccccc3c3c4c(ccc32)c(-c2cccc(-c3cc(-c5ccc6ccccc6c5)nc(-c5ccc6ccccc6c5)n3)c2)nc2ccccc24)cc1. The van der Waals surface area contributed by atoms with E-state index in [1.165, 1.54) is 43.4 Å². The molecule has 0 aliphatic rings. The monoisotopic (exact) mass is 750 g/mol. The standard InChI is InChI=1S/C55H34N4/c1-2-19-43(20-3-1)59-50-24-11-9-22-45(50)53-51(59)30-29-46-52(53)44-21-8-10-23-47(44)56-54(46)41-18-12-17-39(33-41)48-34-49(40-27-25-35-13-4-6-15-37(35)31-40)58-55(57-48)42-28-26-36-14-5-7-16-38(36)32-42/h1-34H. The molecule has 0 saturated heterocycles. The van der Waals surface area contributed by atoms with E-state index in [1.54, 1.807) is 0 Å². The van der Waals surface area contributed by atoms with Gasteiger partial charge in [0.15, 0.2) is 5.82 Å². The van der Waals surface area contributed by atoms with Gasteiger partial charge in [-0.2, -0.15) is 0 Å². The first-order chi connectivity index (χ1) is 29.2. The molecule has 0 unspecified atom stereocenters. The van der Waals surface area contributed by atoms with Gasteiger partial charge in [0.25, 0.3) is 0 Å². The highest BCUT2D eigenvalue weighted by Gasteiger charge is 2.20. The topological polar surface area (TPSA) is 43.6 Å². The van der Waals surface area contributed by atoms with Gasteiger partial charge in [-0.3, -0.25) is 0 Å². The molecule has 0 aliphatic carbocycles. The average molecular weight is 751 g/mol. The van der Waals surface area contributed by atoms with Crippen LogP contribution in [0.3, 0.4) is 0 Å². The van der Waals surface area contributed by atoms with E-state index in [0.717, 1.165) is 66.7 Å². The van der Waals surface area contributed by atoms with Crippen molar-refractivity contribution >= 4 is 65.0 Å². The fourth-order valence-corrected chi connectivity index (χ4v) is 8.95. The number of nitrogens with zero attached hydrogens (tertiary/aromatic N) is 4. The lowest BCUT2D eigenvalue weighted by Crippen LogP contribution is -1.97. The number of hydrogen-bond donors (Lipinski definition) is 0. The number of benzene rings is 9. The van der Waals surface area contributed by atoms with Gasteiger partial charge in [0.05, 0.1) is 33.6 Å². The summed E-state index contributed by atoms with van der Waals surface area (Å²) in [5.74, 6) is 0.688. The van der Waals surface area contributed by atoms with Gasteiger partial charge in [0.1, 0.15) is 0 Å². The molecule has 274 valence electrons. The van der Waals surface area contributed by atoms with Crippen LogP contribution in [-0.4, -0.2) is 19.5 Å². The van der Waals surface area contributed by atoms with Crippen LogP contribution in [0.15, 0.2) is 206 Å². The molecule has 0 bridgehead atoms. The summed E-state index contributed by atoms with van der Waals surface area (Å²) in [6, 6.07) is 73.2. The van der Waals surface area contributed by atoms with Crippen molar-refractivity contribution in [2.45, 2.75) is 0 Å². The van der Waals surface area contributed by atoms with Crippen LogP contribution >= 0.6 is 0 Å². The highest BCUT2D eigenvalue weighted by Crippen LogP contribution is 2.43. The fraction of sp³-hybridized carbons (Fsp3) is 0. The maximum absolute atomic E-state index is 5.41. The summed E-state index contributed by atoms with van der Waals surface area (Å²) in [5, 5.41) is 10.6. The number of hydrogen-bond acceptors (Lipinski definition) is 3. The van der Waals surface area contributed by atoms with Gasteiger partial charge in [-0.05, 0) is 76.1 Å². The summed E-state index contributed by atoms with van der Waals surface area (Å²) >= 11 is 0. The first-order valence-electron chi connectivity index (χ1n) is 20.0. The first kappa shape index (κ1) is 33.2. The fourth-order valence-electron chi connectivity index (χ4n) is 8.95. The highest BCUT2D eigenvalue weighted by molar-refractivity contribution is 6.29. The molecular formula is C55H34N4. The molecule has 4 heteroatoms. The van der Waals surface area contributed by atoms with E-state index in [0.29, 0.717) is 5.82 Å². The molecule has 0 radical (unpaired) electrons. The Morgan fingerprint density at radius 1 is 0.322 bits per heavy atom. The molecule has 4 nitrogen and oxygen atoms in total.